The minimum atomic E-state index is -0.925. The molecule has 0 spiro atoms. The predicted octanol–water partition coefficient (Wildman–Crippen LogP) is 4.52. The number of aryl methyl sites for hydroxylation is 3. The first-order chi connectivity index (χ1) is 16.0. The van der Waals surface area contributed by atoms with E-state index in [1.165, 1.54) is 5.56 Å². The molecule has 3 aromatic carbocycles. The molecule has 0 aromatic heterocycles. The summed E-state index contributed by atoms with van der Waals surface area (Å²) in [6.07, 6.45) is 2.34. The molecule has 5 heteroatoms. The van der Waals surface area contributed by atoms with Crippen molar-refractivity contribution in [2.75, 3.05) is 4.90 Å². The van der Waals surface area contributed by atoms with E-state index in [0.717, 1.165) is 28.8 Å². The minimum absolute atomic E-state index is 0.0773. The van der Waals surface area contributed by atoms with Crippen molar-refractivity contribution in [2.45, 2.75) is 51.2 Å². The van der Waals surface area contributed by atoms with Crippen molar-refractivity contribution in [3.05, 3.63) is 101 Å². The van der Waals surface area contributed by atoms with Gasteiger partial charge in [-0.05, 0) is 55.4 Å². The number of nitrogens with zero attached hydrogens (tertiary/aromatic N) is 1. The Kier molecular flexibility index (Phi) is 7.20. The van der Waals surface area contributed by atoms with Crippen LogP contribution < -0.4 is 10.2 Å². The van der Waals surface area contributed by atoms with Gasteiger partial charge in [-0.25, -0.2) is 0 Å². The van der Waals surface area contributed by atoms with E-state index in [9.17, 15) is 14.7 Å². The van der Waals surface area contributed by atoms with Crippen LogP contribution >= 0.6 is 0 Å². The number of benzene rings is 3. The summed E-state index contributed by atoms with van der Waals surface area (Å²) in [5, 5.41) is 13.0. The van der Waals surface area contributed by atoms with Crippen molar-refractivity contribution < 1.29 is 14.7 Å². The highest BCUT2D eigenvalue weighted by molar-refractivity contribution is 5.98. The predicted molar refractivity (Wildman–Crippen MR) is 130 cm³/mol. The lowest BCUT2D eigenvalue weighted by molar-refractivity contribution is -0.140. The maximum atomic E-state index is 13.7. The van der Waals surface area contributed by atoms with Gasteiger partial charge in [0.2, 0.25) is 5.91 Å². The molecule has 170 valence electrons. The van der Waals surface area contributed by atoms with E-state index in [1.54, 1.807) is 4.90 Å². The summed E-state index contributed by atoms with van der Waals surface area (Å²) < 4.78 is 0. The lowest BCUT2D eigenvalue weighted by atomic mass is 10.0. The van der Waals surface area contributed by atoms with Crippen LogP contribution in [0.5, 0.6) is 0 Å². The van der Waals surface area contributed by atoms with Crippen LogP contribution in [0.25, 0.3) is 0 Å². The fraction of sp³-hybridized carbons (Fsp3) is 0.286. The van der Waals surface area contributed by atoms with Crippen LogP contribution in [0.3, 0.4) is 0 Å². The Bertz CT molecular complexity index is 1100. The summed E-state index contributed by atoms with van der Waals surface area (Å²) in [7, 11) is 0. The number of rotatable bonds is 8. The number of amides is 1. The fourth-order valence-corrected chi connectivity index (χ4v) is 4.39. The summed E-state index contributed by atoms with van der Waals surface area (Å²) in [6.45, 7) is 2.49. The largest absolute Gasteiger partial charge is 0.480 e. The molecule has 0 aliphatic carbocycles. The molecule has 2 N–H and O–H groups in total. The molecule has 0 bridgehead atoms. The lowest BCUT2D eigenvalue weighted by Gasteiger charge is -2.28. The molecule has 0 radical (unpaired) electrons. The van der Waals surface area contributed by atoms with Gasteiger partial charge in [0, 0.05) is 5.69 Å². The monoisotopic (exact) mass is 442 g/mol. The highest BCUT2D eigenvalue weighted by Crippen LogP contribution is 2.29. The Morgan fingerprint density at radius 3 is 2.42 bits per heavy atom. The first-order valence-electron chi connectivity index (χ1n) is 11.5. The summed E-state index contributed by atoms with van der Waals surface area (Å²) in [4.78, 5) is 27.5. The van der Waals surface area contributed by atoms with E-state index in [0.29, 0.717) is 25.8 Å². The molecule has 0 unspecified atom stereocenters. The molecule has 33 heavy (non-hydrogen) atoms. The lowest BCUT2D eigenvalue weighted by Crippen LogP contribution is -2.51. The van der Waals surface area contributed by atoms with Crippen molar-refractivity contribution in [3.8, 4) is 0 Å². The van der Waals surface area contributed by atoms with Gasteiger partial charge in [0.1, 0.15) is 6.04 Å². The number of hydrogen-bond acceptors (Lipinski definition) is 3. The number of carboxylic acids is 1. The van der Waals surface area contributed by atoms with Gasteiger partial charge in [-0.3, -0.25) is 14.9 Å². The smallest absolute Gasteiger partial charge is 0.320 e. The van der Waals surface area contributed by atoms with Crippen LogP contribution in [-0.2, 0) is 29.0 Å². The molecule has 4 rings (SSSR count). The molecule has 1 aliphatic rings. The minimum Gasteiger partial charge on any atom is -0.480 e. The van der Waals surface area contributed by atoms with E-state index in [-0.39, 0.29) is 5.91 Å². The quantitative estimate of drug-likeness (QED) is 0.538. The summed E-state index contributed by atoms with van der Waals surface area (Å²) in [5.74, 6) is -1.00. The van der Waals surface area contributed by atoms with Gasteiger partial charge in [-0.15, -0.1) is 0 Å². The standard InChI is InChI=1S/C28H30N2O3/c1-20-11-13-22(14-12-20)19-30-26-10-6-5-9-23(26)16-18-24(27(30)31)29-25(28(32)33)17-15-21-7-3-2-4-8-21/h2-14,24-25,29H,15-19H2,1H3,(H,32,33)/t24-,25+/m1/s1. The third-order valence-electron chi connectivity index (χ3n) is 6.28. The Morgan fingerprint density at radius 2 is 1.70 bits per heavy atom. The first-order valence-corrected chi connectivity index (χ1v) is 11.5. The van der Waals surface area contributed by atoms with Gasteiger partial charge in [-0.1, -0.05) is 78.4 Å². The number of carbonyl (C=O) groups excluding carboxylic acids is 1. The van der Waals surface area contributed by atoms with Crippen molar-refractivity contribution >= 4 is 17.6 Å². The number of para-hydroxylation sites is 1. The maximum Gasteiger partial charge on any atom is 0.320 e. The highest BCUT2D eigenvalue weighted by atomic mass is 16.4. The Hall–Kier alpha value is -3.44. The van der Waals surface area contributed by atoms with E-state index < -0.39 is 18.1 Å². The van der Waals surface area contributed by atoms with Crippen molar-refractivity contribution in [1.82, 2.24) is 5.32 Å². The summed E-state index contributed by atoms with van der Waals surface area (Å²) in [6, 6.07) is 24.6. The SMILES string of the molecule is Cc1ccc(CN2C(=O)[C@H](N[C@@H](CCc3ccccc3)C(=O)O)CCc3ccccc32)cc1. The van der Waals surface area contributed by atoms with Crippen molar-refractivity contribution in [3.63, 3.8) is 0 Å². The first kappa shape index (κ1) is 22.7. The van der Waals surface area contributed by atoms with Crippen LogP contribution in [0.4, 0.5) is 5.69 Å². The average Bonchev–Trinajstić information content (AvgIpc) is 2.95. The van der Waals surface area contributed by atoms with Crippen LogP contribution in [0, 0.1) is 6.92 Å². The Labute approximate surface area is 195 Å². The van der Waals surface area contributed by atoms with Crippen LogP contribution in [0.2, 0.25) is 0 Å². The average molecular weight is 443 g/mol. The third-order valence-corrected chi connectivity index (χ3v) is 6.28. The topological polar surface area (TPSA) is 69.6 Å². The van der Waals surface area contributed by atoms with Gasteiger partial charge in [0.15, 0.2) is 0 Å². The van der Waals surface area contributed by atoms with Gasteiger partial charge in [0.25, 0.3) is 0 Å². The number of hydrogen-bond donors (Lipinski definition) is 2. The molecule has 1 heterocycles. The number of carbonyl (C=O) groups is 2. The fourth-order valence-electron chi connectivity index (χ4n) is 4.39. The van der Waals surface area contributed by atoms with Gasteiger partial charge in [0.05, 0.1) is 12.6 Å². The molecule has 1 amide bonds. The Morgan fingerprint density at radius 1 is 1.00 bits per heavy atom. The van der Waals surface area contributed by atoms with Gasteiger partial charge in [-0.2, -0.15) is 0 Å². The van der Waals surface area contributed by atoms with Gasteiger partial charge < -0.3 is 10.0 Å². The molecule has 2 atom stereocenters. The zero-order valence-corrected chi connectivity index (χ0v) is 18.9. The van der Waals surface area contributed by atoms with E-state index >= 15 is 0 Å². The van der Waals surface area contributed by atoms with Crippen LogP contribution in [-0.4, -0.2) is 29.1 Å². The summed E-state index contributed by atoms with van der Waals surface area (Å²) in [5.41, 5.74) is 5.32. The number of fused-ring (bicyclic) bond motifs is 1. The number of anilines is 1. The molecule has 1 aliphatic heterocycles. The Balaban J connectivity index is 1.54. The molecule has 0 saturated carbocycles. The molecular formula is C28H30N2O3. The number of carboxylic acid groups (broad SMARTS) is 1. The van der Waals surface area contributed by atoms with Crippen molar-refractivity contribution in [2.24, 2.45) is 0 Å². The number of nitrogens with one attached hydrogen (secondary N) is 1. The number of aliphatic carboxylic acids is 1. The highest BCUT2D eigenvalue weighted by Gasteiger charge is 2.33. The van der Waals surface area contributed by atoms with Crippen LogP contribution in [0.15, 0.2) is 78.9 Å². The van der Waals surface area contributed by atoms with Crippen LogP contribution in [0.1, 0.15) is 35.1 Å². The molecule has 3 aromatic rings. The van der Waals surface area contributed by atoms with E-state index in [2.05, 4.69) is 11.4 Å². The second-order valence-corrected chi connectivity index (χ2v) is 8.71. The summed E-state index contributed by atoms with van der Waals surface area (Å²) >= 11 is 0. The second-order valence-electron chi connectivity index (χ2n) is 8.71. The van der Waals surface area contributed by atoms with E-state index in [1.807, 2.05) is 79.7 Å². The molecular weight excluding hydrogens is 412 g/mol. The maximum absolute atomic E-state index is 13.7. The molecule has 0 saturated heterocycles. The second kappa shape index (κ2) is 10.5. The third kappa shape index (κ3) is 5.68. The van der Waals surface area contributed by atoms with E-state index in [4.69, 9.17) is 0 Å². The molecule has 5 nitrogen and oxygen atoms in total. The zero-order chi connectivity index (χ0) is 23.2. The van der Waals surface area contributed by atoms with Gasteiger partial charge >= 0.3 is 5.97 Å². The van der Waals surface area contributed by atoms with Crippen molar-refractivity contribution in [1.29, 1.82) is 0 Å². The zero-order valence-electron chi connectivity index (χ0n) is 18.9. The normalized spacial score (nSPS) is 16.7. The molecule has 0 fully saturated rings.